The minimum atomic E-state index is -1.11. The summed E-state index contributed by atoms with van der Waals surface area (Å²) in [4.78, 5) is 21.3. The quantitative estimate of drug-likeness (QED) is 0.716. The molecule has 1 unspecified atom stereocenters. The van der Waals surface area contributed by atoms with E-state index in [1.807, 2.05) is 0 Å². The molecule has 5 nitrogen and oxygen atoms in total. The fourth-order valence-electron chi connectivity index (χ4n) is 0.930. The van der Waals surface area contributed by atoms with Gasteiger partial charge >= 0.3 is 5.97 Å². The molecule has 5 heteroatoms. The summed E-state index contributed by atoms with van der Waals surface area (Å²) in [6.07, 6.45) is 2.64. The van der Waals surface area contributed by atoms with Crippen LogP contribution < -0.4 is 5.32 Å². The number of hydrogen-bond donors (Lipinski definition) is 2. The fraction of sp³-hybridized carbons (Fsp3) is 0.250. The maximum atomic E-state index is 10.7. The molecule has 2 N–H and O–H groups in total. The third-order valence-corrected chi connectivity index (χ3v) is 1.47. The molecular weight excluding hydrogens is 174 g/mol. The van der Waals surface area contributed by atoms with E-state index < -0.39 is 17.9 Å². The van der Waals surface area contributed by atoms with Crippen LogP contribution in [-0.4, -0.2) is 17.0 Å². The molecular formula is C8H9NO4. The first-order valence-electron chi connectivity index (χ1n) is 3.63. The van der Waals surface area contributed by atoms with E-state index in [-0.39, 0.29) is 0 Å². The molecule has 1 rings (SSSR count). The van der Waals surface area contributed by atoms with Gasteiger partial charge in [0, 0.05) is 12.5 Å². The van der Waals surface area contributed by atoms with Crippen LogP contribution in [0.3, 0.4) is 0 Å². The molecule has 70 valence electrons. The van der Waals surface area contributed by atoms with Crippen LogP contribution in [0.25, 0.3) is 0 Å². The summed E-state index contributed by atoms with van der Waals surface area (Å²) in [6.45, 7) is 1.26. The van der Waals surface area contributed by atoms with Gasteiger partial charge in [-0.2, -0.15) is 0 Å². The molecule has 1 aromatic heterocycles. The zero-order valence-electron chi connectivity index (χ0n) is 6.98. The van der Waals surface area contributed by atoms with Gasteiger partial charge in [-0.1, -0.05) is 0 Å². The molecule has 1 atom stereocenters. The zero-order chi connectivity index (χ0) is 9.84. The van der Waals surface area contributed by atoms with E-state index in [4.69, 9.17) is 9.52 Å². The van der Waals surface area contributed by atoms with Gasteiger partial charge in [0.2, 0.25) is 5.91 Å². The Balaban J connectivity index is 2.81. The second-order valence-electron chi connectivity index (χ2n) is 2.53. The lowest BCUT2D eigenvalue weighted by Gasteiger charge is -2.10. The van der Waals surface area contributed by atoms with Crippen molar-refractivity contribution in [3.8, 4) is 0 Å². The van der Waals surface area contributed by atoms with Crippen molar-refractivity contribution in [1.29, 1.82) is 0 Å². The maximum Gasteiger partial charge on any atom is 0.331 e. The summed E-state index contributed by atoms with van der Waals surface area (Å²) < 4.78 is 4.71. The molecule has 1 aromatic rings. The Morgan fingerprint density at radius 3 is 2.69 bits per heavy atom. The number of carbonyl (C=O) groups excluding carboxylic acids is 1. The Bertz CT molecular complexity index is 304. The van der Waals surface area contributed by atoms with Gasteiger partial charge in [-0.3, -0.25) is 4.79 Å². The normalized spacial score (nSPS) is 12.1. The third kappa shape index (κ3) is 2.33. The Kier molecular flexibility index (Phi) is 2.69. The van der Waals surface area contributed by atoms with Crippen molar-refractivity contribution < 1.29 is 19.1 Å². The van der Waals surface area contributed by atoms with Crippen molar-refractivity contribution in [3.05, 3.63) is 24.2 Å². The average Bonchev–Trinajstić information content (AvgIpc) is 2.50. The van der Waals surface area contributed by atoms with Gasteiger partial charge in [-0.25, -0.2) is 4.79 Å². The van der Waals surface area contributed by atoms with E-state index in [9.17, 15) is 9.59 Å². The monoisotopic (exact) mass is 183 g/mol. The number of nitrogens with one attached hydrogen (secondary N) is 1. The van der Waals surface area contributed by atoms with Crippen LogP contribution in [0.1, 0.15) is 18.5 Å². The summed E-state index contributed by atoms with van der Waals surface area (Å²) in [5.74, 6) is -1.51. The summed E-state index contributed by atoms with van der Waals surface area (Å²) in [5.41, 5.74) is 0.419. The van der Waals surface area contributed by atoms with Crippen molar-refractivity contribution in [2.75, 3.05) is 0 Å². The number of rotatable bonds is 3. The molecule has 1 heterocycles. The Morgan fingerprint density at radius 2 is 2.31 bits per heavy atom. The predicted octanol–water partition coefficient (Wildman–Crippen LogP) is 0.541. The van der Waals surface area contributed by atoms with Crippen LogP contribution in [0.2, 0.25) is 0 Å². The minimum Gasteiger partial charge on any atom is -0.479 e. The molecule has 0 spiro atoms. The molecule has 1 amide bonds. The highest BCUT2D eigenvalue weighted by atomic mass is 16.4. The van der Waals surface area contributed by atoms with Crippen molar-refractivity contribution in [2.24, 2.45) is 0 Å². The molecule has 0 radical (unpaired) electrons. The molecule has 0 aliphatic carbocycles. The largest absolute Gasteiger partial charge is 0.479 e. The van der Waals surface area contributed by atoms with E-state index in [1.54, 1.807) is 0 Å². The third-order valence-electron chi connectivity index (χ3n) is 1.47. The van der Waals surface area contributed by atoms with Gasteiger partial charge in [0.05, 0.1) is 12.5 Å². The highest BCUT2D eigenvalue weighted by Crippen LogP contribution is 2.13. The first-order chi connectivity index (χ1) is 6.11. The van der Waals surface area contributed by atoms with Crippen molar-refractivity contribution >= 4 is 11.9 Å². The molecule has 0 aromatic carbocycles. The highest BCUT2D eigenvalue weighted by Gasteiger charge is 2.21. The lowest BCUT2D eigenvalue weighted by molar-refractivity contribution is -0.141. The van der Waals surface area contributed by atoms with Crippen LogP contribution in [-0.2, 0) is 9.59 Å². The Hall–Kier alpha value is -1.78. The summed E-state index contributed by atoms with van der Waals surface area (Å²) in [6, 6.07) is 0.464. The number of carbonyl (C=O) groups is 2. The lowest BCUT2D eigenvalue weighted by Crippen LogP contribution is -2.31. The van der Waals surface area contributed by atoms with Crippen molar-refractivity contribution in [2.45, 2.75) is 13.0 Å². The Labute approximate surface area is 74.4 Å². The number of carboxylic acids is 1. The van der Waals surface area contributed by atoms with Gasteiger partial charge in [0.25, 0.3) is 0 Å². The van der Waals surface area contributed by atoms with Crippen molar-refractivity contribution in [1.82, 2.24) is 5.32 Å². The van der Waals surface area contributed by atoms with Crippen LogP contribution in [0.4, 0.5) is 0 Å². The molecule has 0 fully saturated rings. The van der Waals surface area contributed by atoms with Crippen LogP contribution in [0, 0.1) is 0 Å². The molecule has 0 saturated carbocycles. The molecule has 0 aliphatic rings. The topological polar surface area (TPSA) is 79.5 Å². The fourth-order valence-corrected chi connectivity index (χ4v) is 0.930. The highest BCUT2D eigenvalue weighted by molar-refractivity contribution is 5.83. The molecule has 0 bridgehead atoms. The zero-order valence-corrected chi connectivity index (χ0v) is 6.98. The number of aliphatic carboxylic acids is 1. The summed E-state index contributed by atoms with van der Waals surface area (Å²) in [5, 5.41) is 11.0. The minimum absolute atomic E-state index is 0.395. The van der Waals surface area contributed by atoms with E-state index in [0.29, 0.717) is 5.56 Å². The first kappa shape index (κ1) is 9.31. The van der Waals surface area contributed by atoms with Crippen molar-refractivity contribution in [3.63, 3.8) is 0 Å². The average molecular weight is 183 g/mol. The van der Waals surface area contributed by atoms with Crippen LogP contribution in [0.15, 0.2) is 23.0 Å². The first-order valence-corrected chi connectivity index (χ1v) is 3.63. The molecule has 0 aliphatic heterocycles. The second kappa shape index (κ2) is 3.75. The van der Waals surface area contributed by atoms with Gasteiger partial charge in [0.1, 0.15) is 0 Å². The molecule has 13 heavy (non-hydrogen) atoms. The van der Waals surface area contributed by atoms with E-state index in [2.05, 4.69) is 5.32 Å². The summed E-state index contributed by atoms with van der Waals surface area (Å²) in [7, 11) is 0. The Morgan fingerprint density at radius 1 is 1.62 bits per heavy atom. The van der Waals surface area contributed by atoms with E-state index in [1.165, 1.54) is 25.5 Å². The number of carboxylic acid groups (broad SMARTS) is 1. The smallest absolute Gasteiger partial charge is 0.331 e. The standard InChI is InChI=1S/C8H9NO4/c1-5(10)9-7(8(11)12)6-2-3-13-4-6/h2-4,7H,1H3,(H,9,10)(H,11,12). The van der Waals surface area contributed by atoms with E-state index in [0.717, 1.165) is 0 Å². The number of furan rings is 1. The lowest BCUT2D eigenvalue weighted by atomic mass is 10.1. The van der Waals surface area contributed by atoms with E-state index >= 15 is 0 Å². The van der Waals surface area contributed by atoms with Gasteiger partial charge in [-0.15, -0.1) is 0 Å². The number of hydrogen-bond acceptors (Lipinski definition) is 3. The van der Waals surface area contributed by atoms with Gasteiger partial charge in [-0.05, 0) is 6.07 Å². The second-order valence-corrected chi connectivity index (χ2v) is 2.53. The van der Waals surface area contributed by atoms with Crippen LogP contribution >= 0.6 is 0 Å². The van der Waals surface area contributed by atoms with Gasteiger partial charge < -0.3 is 14.8 Å². The maximum absolute atomic E-state index is 10.7. The van der Waals surface area contributed by atoms with Crippen LogP contribution in [0.5, 0.6) is 0 Å². The molecule has 0 saturated heterocycles. The number of amides is 1. The SMILES string of the molecule is CC(=O)NC(C(=O)O)c1ccoc1. The van der Waals surface area contributed by atoms with Gasteiger partial charge in [0.15, 0.2) is 6.04 Å². The summed E-state index contributed by atoms with van der Waals surface area (Å²) >= 11 is 0. The predicted molar refractivity (Wildman–Crippen MR) is 42.9 cm³/mol.